The summed E-state index contributed by atoms with van der Waals surface area (Å²) in [5.41, 5.74) is 2.37. The second-order valence-corrected chi connectivity index (χ2v) is 4.10. The normalized spacial score (nSPS) is 10.5. The van der Waals surface area contributed by atoms with Crippen molar-refractivity contribution in [3.8, 4) is 0 Å². The van der Waals surface area contributed by atoms with E-state index in [1.165, 1.54) is 7.11 Å². The molecular weight excluding hydrogens is 246 g/mol. The lowest BCUT2D eigenvalue weighted by Crippen LogP contribution is -2.06. The number of hydrogen-bond donors (Lipinski definition) is 1. The minimum atomic E-state index is -0.410. The number of benzene rings is 1. The minimum Gasteiger partial charge on any atom is -0.465 e. The molecule has 5 nitrogen and oxygen atoms in total. The summed E-state index contributed by atoms with van der Waals surface area (Å²) in [6, 6.07) is 5.12. The first kappa shape index (κ1) is 13.1. The van der Waals surface area contributed by atoms with Gasteiger partial charge in [0.15, 0.2) is 0 Å². The van der Waals surface area contributed by atoms with Gasteiger partial charge in [-0.25, -0.2) is 9.59 Å². The molecule has 1 N–H and O–H groups in total. The molecule has 0 radical (unpaired) electrons. The highest BCUT2D eigenvalue weighted by Crippen LogP contribution is 2.23. The van der Waals surface area contributed by atoms with Crippen LogP contribution in [0.3, 0.4) is 0 Å². The van der Waals surface area contributed by atoms with Crippen LogP contribution in [0.15, 0.2) is 18.2 Å². The van der Waals surface area contributed by atoms with E-state index >= 15 is 0 Å². The van der Waals surface area contributed by atoms with Crippen LogP contribution in [-0.2, 0) is 9.47 Å². The van der Waals surface area contributed by atoms with Crippen LogP contribution in [0.2, 0.25) is 0 Å². The SMILES string of the molecule is CCOC(=O)c1[nH]c2cc(C(=O)OC)ccc2c1C. The summed E-state index contributed by atoms with van der Waals surface area (Å²) in [4.78, 5) is 26.2. The summed E-state index contributed by atoms with van der Waals surface area (Å²) in [7, 11) is 1.33. The van der Waals surface area contributed by atoms with Crippen molar-refractivity contribution >= 4 is 22.8 Å². The van der Waals surface area contributed by atoms with Gasteiger partial charge in [-0.1, -0.05) is 6.07 Å². The quantitative estimate of drug-likeness (QED) is 0.862. The number of carbonyl (C=O) groups is 2. The number of aromatic nitrogens is 1. The number of H-pyrrole nitrogens is 1. The van der Waals surface area contributed by atoms with Crippen LogP contribution in [0.25, 0.3) is 10.9 Å². The van der Waals surface area contributed by atoms with E-state index < -0.39 is 11.9 Å². The molecule has 0 amide bonds. The molecular formula is C14H15NO4. The first-order valence-corrected chi connectivity index (χ1v) is 5.96. The van der Waals surface area contributed by atoms with E-state index in [1.54, 1.807) is 25.1 Å². The highest BCUT2D eigenvalue weighted by Gasteiger charge is 2.16. The molecule has 0 unspecified atom stereocenters. The molecule has 0 saturated carbocycles. The van der Waals surface area contributed by atoms with Crippen LogP contribution < -0.4 is 0 Å². The Morgan fingerprint density at radius 2 is 2.00 bits per heavy atom. The number of ether oxygens (including phenoxy) is 2. The molecule has 0 aliphatic heterocycles. The Labute approximate surface area is 110 Å². The maximum Gasteiger partial charge on any atom is 0.355 e. The van der Waals surface area contributed by atoms with E-state index in [9.17, 15) is 9.59 Å². The van der Waals surface area contributed by atoms with Gasteiger partial charge in [-0.2, -0.15) is 0 Å². The predicted molar refractivity (Wildman–Crippen MR) is 70.3 cm³/mol. The van der Waals surface area contributed by atoms with Gasteiger partial charge in [0.25, 0.3) is 0 Å². The van der Waals surface area contributed by atoms with E-state index in [0.29, 0.717) is 23.4 Å². The van der Waals surface area contributed by atoms with Crippen molar-refractivity contribution in [2.24, 2.45) is 0 Å². The van der Waals surface area contributed by atoms with E-state index in [-0.39, 0.29) is 0 Å². The molecule has 1 aromatic carbocycles. The third kappa shape index (κ3) is 2.31. The largest absolute Gasteiger partial charge is 0.465 e. The Morgan fingerprint density at radius 3 is 2.63 bits per heavy atom. The van der Waals surface area contributed by atoms with Gasteiger partial charge in [0.05, 0.1) is 19.3 Å². The van der Waals surface area contributed by atoms with Gasteiger partial charge in [-0.15, -0.1) is 0 Å². The molecule has 0 fully saturated rings. The lowest BCUT2D eigenvalue weighted by Gasteiger charge is -1.99. The second kappa shape index (κ2) is 5.14. The third-order valence-corrected chi connectivity index (χ3v) is 2.96. The predicted octanol–water partition coefficient (Wildman–Crippen LogP) is 2.44. The number of hydrogen-bond acceptors (Lipinski definition) is 4. The van der Waals surface area contributed by atoms with Crippen molar-refractivity contribution in [2.75, 3.05) is 13.7 Å². The summed E-state index contributed by atoms with van der Waals surface area (Å²) in [6.07, 6.45) is 0. The third-order valence-electron chi connectivity index (χ3n) is 2.96. The average molecular weight is 261 g/mol. The molecule has 0 bridgehead atoms. The van der Waals surface area contributed by atoms with E-state index in [2.05, 4.69) is 9.72 Å². The first-order valence-electron chi connectivity index (χ1n) is 5.96. The number of methoxy groups -OCH3 is 1. The smallest absolute Gasteiger partial charge is 0.355 e. The molecule has 1 aromatic heterocycles. The summed E-state index contributed by atoms with van der Waals surface area (Å²) in [5.74, 6) is -0.803. The number of carbonyl (C=O) groups excluding carboxylic acids is 2. The fourth-order valence-corrected chi connectivity index (χ4v) is 1.99. The number of aryl methyl sites for hydroxylation is 1. The van der Waals surface area contributed by atoms with Crippen LogP contribution >= 0.6 is 0 Å². The van der Waals surface area contributed by atoms with Crippen LogP contribution in [0.5, 0.6) is 0 Å². The molecule has 0 aliphatic carbocycles. The van der Waals surface area contributed by atoms with Gasteiger partial charge in [0.1, 0.15) is 5.69 Å². The number of esters is 2. The van der Waals surface area contributed by atoms with Crippen molar-refractivity contribution in [1.29, 1.82) is 0 Å². The minimum absolute atomic E-state index is 0.320. The second-order valence-electron chi connectivity index (χ2n) is 4.10. The van der Waals surface area contributed by atoms with Crippen LogP contribution in [0.1, 0.15) is 33.3 Å². The topological polar surface area (TPSA) is 68.4 Å². The lowest BCUT2D eigenvalue weighted by atomic mass is 10.1. The molecule has 2 aromatic rings. The highest BCUT2D eigenvalue weighted by atomic mass is 16.5. The zero-order chi connectivity index (χ0) is 14.0. The zero-order valence-electron chi connectivity index (χ0n) is 11.1. The first-order chi connectivity index (χ1) is 9.08. The monoisotopic (exact) mass is 261 g/mol. The Balaban J connectivity index is 2.51. The number of rotatable bonds is 3. The summed E-state index contributed by atoms with van der Waals surface area (Å²) in [5, 5.41) is 0.885. The number of fused-ring (bicyclic) bond motifs is 1. The van der Waals surface area contributed by atoms with Crippen molar-refractivity contribution < 1.29 is 19.1 Å². The summed E-state index contributed by atoms with van der Waals surface area (Å²) in [6.45, 7) is 3.91. The standard InChI is InChI=1S/C14H15NO4/c1-4-19-14(17)12-8(2)10-6-5-9(13(16)18-3)7-11(10)15-12/h5-7,15H,4H2,1-3H3. The Bertz CT molecular complexity index is 642. The van der Waals surface area contributed by atoms with Gasteiger partial charge in [0, 0.05) is 10.9 Å². The van der Waals surface area contributed by atoms with Gasteiger partial charge in [-0.05, 0) is 31.5 Å². The summed E-state index contributed by atoms with van der Waals surface area (Å²) >= 11 is 0. The van der Waals surface area contributed by atoms with E-state index in [4.69, 9.17) is 4.74 Å². The number of nitrogens with one attached hydrogen (secondary N) is 1. The van der Waals surface area contributed by atoms with Gasteiger partial charge in [-0.3, -0.25) is 0 Å². The zero-order valence-corrected chi connectivity index (χ0v) is 11.1. The van der Waals surface area contributed by atoms with Crippen molar-refractivity contribution in [3.05, 3.63) is 35.0 Å². The Morgan fingerprint density at radius 1 is 1.26 bits per heavy atom. The molecule has 0 saturated heterocycles. The molecule has 1 heterocycles. The lowest BCUT2D eigenvalue weighted by molar-refractivity contribution is 0.0519. The molecule has 0 aliphatic rings. The van der Waals surface area contributed by atoms with Gasteiger partial charge in [0.2, 0.25) is 0 Å². The highest BCUT2D eigenvalue weighted by molar-refractivity contribution is 6.00. The maximum absolute atomic E-state index is 11.8. The van der Waals surface area contributed by atoms with Gasteiger partial charge < -0.3 is 14.5 Å². The van der Waals surface area contributed by atoms with Crippen molar-refractivity contribution in [2.45, 2.75) is 13.8 Å². The molecule has 2 rings (SSSR count). The maximum atomic E-state index is 11.8. The van der Waals surface area contributed by atoms with Crippen LogP contribution in [0.4, 0.5) is 0 Å². The molecule has 100 valence electrons. The fourth-order valence-electron chi connectivity index (χ4n) is 1.99. The molecule has 0 atom stereocenters. The van der Waals surface area contributed by atoms with Crippen LogP contribution in [-0.4, -0.2) is 30.6 Å². The summed E-state index contributed by atoms with van der Waals surface area (Å²) < 4.78 is 9.64. The Kier molecular flexibility index (Phi) is 3.55. The average Bonchev–Trinajstić information content (AvgIpc) is 2.75. The van der Waals surface area contributed by atoms with Gasteiger partial charge >= 0.3 is 11.9 Å². The number of aromatic amines is 1. The van der Waals surface area contributed by atoms with E-state index in [0.717, 1.165) is 10.9 Å². The molecule has 5 heteroatoms. The molecule has 19 heavy (non-hydrogen) atoms. The Hall–Kier alpha value is -2.30. The van der Waals surface area contributed by atoms with Crippen molar-refractivity contribution in [3.63, 3.8) is 0 Å². The van der Waals surface area contributed by atoms with Crippen LogP contribution in [0, 0.1) is 6.92 Å². The molecule has 0 spiro atoms. The fraction of sp³-hybridized carbons (Fsp3) is 0.286. The van der Waals surface area contributed by atoms with Crippen molar-refractivity contribution in [1.82, 2.24) is 4.98 Å². The van der Waals surface area contributed by atoms with E-state index in [1.807, 2.05) is 6.92 Å².